The van der Waals surface area contributed by atoms with Gasteiger partial charge >= 0.3 is 0 Å². The molecule has 0 saturated carbocycles. The number of hydrogen-bond acceptors (Lipinski definition) is 6. The Morgan fingerprint density at radius 1 is 1.17 bits per heavy atom. The number of carbonyl (C=O) groups is 2. The first-order valence-electron chi connectivity index (χ1n) is 8.93. The maximum Gasteiger partial charge on any atom is 0.293 e. The summed E-state index contributed by atoms with van der Waals surface area (Å²) in [5.74, 6) is 0.419. The number of halogens is 2. The lowest BCUT2D eigenvalue weighted by molar-refractivity contribution is -0.123. The van der Waals surface area contributed by atoms with Gasteiger partial charge in [-0.05, 0) is 86.8 Å². The number of thioether (sulfide) groups is 1. The van der Waals surface area contributed by atoms with E-state index in [9.17, 15) is 14.7 Å². The Balaban J connectivity index is 1.77. The lowest BCUT2D eigenvalue weighted by atomic mass is 10.1. The Bertz CT molecular complexity index is 1050. The lowest BCUT2D eigenvalue weighted by Gasteiger charge is -2.15. The van der Waals surface area contributed by atoms with E-state index in [1.165, 1.54) is 13.2 Å². The Hall–Kier alpha value is -1.97. The molecule has 1 aliphatic rings. The van der Waals surface area contributed by atoms with Crippen LogP contribution in [0, 0.1) is 13.8 Å². The van der Waals surface area contributed by atoms with Gasteiger partial charge in [0.1, 0.15) is 12.4 Å². The van der Waals surface area contributed by atoms with Crippen LogP contribution in [0.25, 0.3) is 6.08 Å². The van der Waals surface area contributed by atoms with Crippen molar-refractivity contribution in [3.8, 4) is 17.2 Å². The average molecular weight is 557 g/mol. The van der Waals surface area contributed by atoms with Gasteiger partial charge in [0.2, 0.25) is 0 Å². The predicted molar refractivity (Wildman–Crippen MR) is 124 cm³/mol. The summed E-state index contributed by atoms with van der Waals surface area (Å²) in [5.41, 5.74) is 2.40. The highest BCUT2D eigenvalue weighted by Crippen LogP contribution is 2.43. The lowest BCUT2D eigenvalue weighted by Crippen LogP contribution is -2.32. The molecule has 1 saturated heterocycles. The van der Waals surface area contributed by atoms with Crippen LogP contribution in [0.1, 0.15) is 16.7 Å². The number of phenols is 1. The number of rotatable bonds is 6. The van der Waals surface area contributed by atoms with E-state index in [0.29, 0.717) is 14.5 Å². The van der Waals surface area contributed by atoms with E-state index in [4.69, 9.17) is 9.47 Å². The van der Waals surface area contributed by atoms with Gasteiger partial charge in [-0.1, -0.05) is 12.1 Å². The summed E-state index contributed by atoms with van der Waals surface area (Å²) in [7, 11) is 1.43. The van der Waals surface area contributed by atoms with Crippen molar-refractivity contribution in [3.63, 3.8) is 0 Å². The van der Waals surface area contributed by atoms with E-state index >= 15 is 0 Å². The van der Waals surface area contributed by atoms with Crippen LogP contribution >= 0.6 is 43.6 Å². The summed E-state index contributed by atoms with van der Waals surface area (Å²) >= 11 is 7.58. The smallest absolute Gasteiger partial charge is 0.293 e. The molecule has 2 aromatic carbocycles. The first-order chi connectivity index (χ1) is 14.2. The summed E-state index contributed by atoms with van der Waals surface area (Å²) < 4.78 is 12.1. The molecule has 1 heterocycles. The van der Waals surface area contributed by atoms with Gasteiger partial charge in [-0.3, -0.25) is 14.5 Å². The van der Waals surface area contributed by atoms with Crippen molar-refractivity contribution in [2.45, 2.75) is 13.8 Å². The number of nitrogens with zero attached hydrogens (tertiary/aromatic N) is 1. The topological polar surface area (TPSA) is 76.1 Å². The highest BCUT2D eigenvalue weighted by Gasteiger charge is 2.35. The van der Waals surface area contributed by atoms with Gasteiger partial charge in [-0.25, -0.2) is 0 Å². The molecule has 0 aromatic heterocycles. The van der Waals surface area contributed by atoms with Crippen molar-refractivity contribution in [2.75, 3.05) is 20.3 Å². The minimum Gasteiger partial charge on any atom is -0.504 e. The van der Waals surface area contributed by atoms with Crippen molar-refractivity contribution in [1.82, 2.24) is 4.90 Å². The van der Waals surface area contributed by atoms with Crippen molar-refractivity contribution in [2.24, 2.45) is 0 Å². The minimum atomic E-state index is -0.431. The van der Waals surface area contributed by atoms with E-state index in [2.05, 4.69) is 31.9 Å². The maximum atomic E-state index is 12.8. The van der Waals surface area contributed by atoms with Crippen molar-refractivity contribution in [3.05, 3.63) is 54.8 Å². The maximum absolute atomic E-state index is 12.8. The molecule has 0 radical (unpaired) electrons. The predicted octanol–water partition coefficient (Wildman–Crippen LogP) is 5.66. The minimum absolute atomic E-state index is 0.127. The van der Waals surface area contributed by atoms with Crippen LogP contribution in [-0.4, -0.2) is 41.4 Å². The highest BCUT2D eigenvalue weighted by molar-refractivity contribution is 9.13. The van der Waals surface area contributed by atoms with Gasteiger partial charge in [0.25, 0.3) is 11.1 Å². The number of aryl methyl sites for hydroxylation is 2. The molecule has 6 nitrogen and oxygen atoms in total. The Morgan fingerprint density at radius 3 is 2.60 bits per heavy atom. The second kappa shape index (κ2) is 9.45. The van der Waals surface area contributed by atoms with Crippen molar-refractivity contribution < 1.29 is 24.2 Å². The normalized spacial score (nSPS) is 15.2. The van der Waals surface area contributed by atoms with Gasteiger partial charge in [-0.15, -0.1) is 0 Å². The zero-order chi connectivity index (χ0) is 22.0. The highest BCUT2D eigenvalue weighted by atomic mass is 79.9. The van der Waals surface area contributed by atoms with Crippen LogP contribution in [0.4, 0.5) is 4.79 Å². The van der Waals surface area contributed by atoms with Gasteiger partial charge in [0.15, 0.2) is 11.5 Å². The number of amides is 2. The van der Waals surface area contributed by atoms with Crippen LogP contribution in [0.5, 0.6) is 17.2 Å². The molecule has 2 aromatic rings. The summed E-state index contributed by atoms with van der Waals surface area (Å²) in [6.07, 6.45) is 1.48. The summed E-state index contributed by atoms with van der Waals surface area (Å²) in [4.78, 5) is 26.5. The standard InChI is InChI=1S/C21H19Br2NO5S/c1-11-4-5-12(2)15(8-11)29-7-6-24-20(26)17(30-21(24)27)9-13-18(23)14(22)10-16(28-3)19(13)25/h4-5,8-10,25H,6-7H2,1-3H3/b17-9-. The van der Waals surface area contributed by atoms with E-state index in [0.717, 1.165) is 33.5 Å². The fourth-order valence-electron chi connectivity index (χ4n) is 2.83. The number of benzene rings is 2. The van der Waals surface area contributed by atoms with Crippen LogP contribution < -0.4 is 9.47 Å². The van der Waals surface area contributed by atoms with E-state index in [1.54, 1.807) is 6.07 Å². The second-order valence-electron chi connectivity index (χ2n) is 6.59. The van der Waals surface area contributed by atoms with E-state index < -0.39 is 5.91 Å². The second-order valence-corrected chi connectivity index (χ2v) is 9.23. The summed E-state index contributed by atoms with van der Waals surface area (Å²) in [6, 6.07) is 7.48. The third-order valence-electron chi connectivity index (χ3n) is 4.48. The fourth-order valence-corrected chi connectivity index (χ4v) is 4.52. The quantitative estimate of drug-likeness (QED) is 0.463. The molecule has 1 fully saturated rings. The molecular weight excluding hydrogens is 538 g/mol. The third-order valence-corrected chi connectivity index (χ3v) is 7.40. The molecule has 0 spiro atoms. The van der Waals surface area contributed by atoms with E-state index in [1.807, 2.05) is 32.0 Å². The Labute approximate surface area is 195 Å². The molecule has 9 heteroatoms. The van der Waals surface area contributed by atoms with Crippen LogP contribution in [0.3, 0.4) is 0 Å². The van der Waals surface area contributed by atoms with Crippen LogP contribution in [0.2, 0.25) is 0 Å². The molecule has 1 N–H and O–H groups in total. The molecule has 1 aliphatic heterocycles. The van der Waals surface area contributed by atoms with Crippen LogP contribution in [0.15, 0.2) is 38.1 Å². The Kier molecular flexibility index (Phi) is 7.15. The molecular formula is C21H19Br2NO5S. The number of methoxy groups -OCH3 is 1. The van der Waals surface area contributed by atoms with Gasteiger partial charge in [-0.2, -0.15) is 0 Å². The first kappa shape index (κ1) is 22.7. The molecule has 0 aliphatic carbocycles. The molecule has 158 valence electrons. The van der Waals surface area contributed by atoms with Crippen molar-refractivity contribution >= 4 is 60.8 Å². The SMILES string of the molecule is COc1cc(Br)c(Br)c(/C=C2\SC(=O)N(CCOc3cc(C)ccc3C)C2=O)c1O. The number of carbonyl (C=O) groups excluding carboxylic acids is 2. The Morgan fingerprint density at radius 2 is 1.90 bits per heavy atom. The van der Waals surface area contributed by atoms with Gasteiger partial charge < -0.3 is 14.6 Å². The molecule has 0 bridgehead atoms. The zero-order valence-corrected chi connectivity index (χ0v) is 20.5. The van der Waals surface area contributed by atoms with Gasteiger partial charge in [0.05, 0.1) is 18.6 Å². The molecule has 3 rings (SSSR count). The average Bonchev–Trinajstić information content (AvgIpc) is 2.97. The van der Waals surface area contributed by atoms with Crippen molar-refractivity contribution in [1.29, 1.82) is 0 Å². The van der Waals surface area contributed by atoms with Crippen LogP contribution in [-0.2, 0) is 4.79 Å². The number of ether oxygens (including phenoxy) is 2. The largest absolute Gasteiger partial charge is 0.504 e. The number of phenolic OH excluding ortho intramolecular Hbond substituents is 1. The molecule has 0 unspecified atom stereocenters. The third kappa shape index (κ3) is 4.68. The zero-order valence-electron chi connectivity index (χ0n) is 16.5. The summed E-state index contributed by atoms with van der Waals surface area (Å²) in [6.45, 7) is 4.23. The monoisotopic (exact) mass is 555 g/mol. The number of hydrogen-bond donors (Lipinski definition) is 1. The number of aromatic hydroxyl groups is 1. The van der Waals surface area contributed by atoms with E-state index in [-0.39, 0.29) is 34.8 Å². The summed E-state index contributed by atoms with van der Waals surface area (Å²) in [5, 5.41) is 10.0. The molecule has 2 amide bonds. The molecule has 30 heavy (non-hydrogen) atoms. The number of imide groups is 1. The molecule has 0 atom stereocenters. The first-order valence-corrected chi connectivity index (χ1v) is 11.3. The fraction of sp³-hybridized carbons (Fsp3) is 0.238. The van der Waals surface area contributed by atoms with Gasteiger partial charge in [0, 0.05) is 14.5 Å².